The van der Waals surface area contributed by atoms with Crippen LogP contribution in [0.4, 0.5) is 5.69 Å². The number of aromatic nitrogens is 1. The molecule has 0 radical (unpaired) electrons. The van der Waals surface area contributed by atoms with Gasteiger partial charge in [-0.1, -0.05) is 0 Å². The van der Waals surface area contributed by atoms with Crippen LogP contribution in [0.2, 0.25) is 0 Å². The van der Waals surface area contributed by atoms with Gasteiger partial charge in [-0.15, -0.1) is 0 Å². The van der Waals surface area contributed by atoms with Gasteiger partial charge in [-0.25, -0.2) is 0 Å². The Labute approximate surface area is 87.8 Å². The van der Waals surface area contributed by atoms with Gasteiger partial charge in [0.15, 0.2) is 5.76 Å². The van der Waals surface area contributed by atoms with E-state index in [0.29, 0.717) is 18.1 Å². The Balaban J connectivity index is 2.28. The van der Waals surface area contributed by atoms with E-state index >= 15 is 0 Å². The van der Waals surface area contributed by atoms with Gasteiger partial charge < -0.3 is 10.5 Å². The molecule has 1 aromatic rings. The molecule has 2 rings (SSSR count). The molecule has 4 nitrogen and oxygen atoms in total. The van der Waals surface area contributed by atoms with Crippen molar-refractivity contribution in [3.63, 3.8) is 0 Å². The molecule has 4 heteroatoms. The molecule has 0 atom stereocenters. The van der Waals surface area contributed by atoms with Crippen LogP contribution in [0.3, 0.4) is 0 Å². The number of carbonyl (C=O) groups excluding carboxylic acids is 1. The van der Waals surface area contributed by atoms with Crippen LogP contribution in [-0.4, -0.2) is 17.4 Å². The third kappa shape index (κ3) is 1.98. The molecule has 0 unspecified atom stereocenters. The van der Waals surface area contributed by atoms with Gasteiger partial charge in [0, 0.05) is 6.20 Å². The van der Waals surface area contributed by atoms with Crippen LogP contribution in [0.15, 0.2) is 30.2 Å². The average Bonchev–Trinajstić information content (AvgIpc) is 2.30. The van der Waals surface area contributed by atoms with Crippen LogP contribution >= 0.6 is 0 Å². The summed E-state index contributed by atoms with van der Waals surface area (Å²) < 4.78 is 5.27. The van der Waals surface area contributed by atoms with E-state index in [1.807, 2.05) is 0 Å². The highest BCUT2D eigenvalue weighted by Gasteiger charge is 2.19. The molecule has 0 amide bonds. The Morgan fingerprint density at radius 2 is 2.40 bits per heavy atom. The second-order valence-electron chi connectivity index (χ2n) is 3.33. The second kappa shape index (κ2) is 4.13. The number of ether oxygens (including phenoxy) is 1. The normalized spacial score (nSPS) is 15.3. The molecule has 78 valence electrons. The number of nitrogen functional groups attached to an aromatic ring is 1. The molecule has 1 aliphatic heterocycles. The smallest absolute Gasteiger partial charge is 0.247 e. The minimum atomic E-state index is -0.229. The van der Waals surface area contributed by atoms with Crippen molar-refractivity contribution in [3.8, 4) is 0 Å². The Hall–Kier alpha value is -1.84. The van der Waals surface area contributed by atoms with Crippen LogP contribution in [0.5, 0.6) is 0 Å². The van der Waals surface area contributed by atoms with Crippen molar-refractivity contribution in [2.45, 2.75) is 12.8 Å². The maximum absolute atomic E-state index is 11.9. The van der Waals surface area contributed by atoms with Gasteiger partial charge in [0.1, 0.15) is 5.69 Å². The topological polar surface area (TPSA) is 65.2 Å². The van der Waals surface area contributed by atoms with E-state index in [2.05, 4.69) is 4.98 Å². The van der Waals surface area contributed by atoms with Crippen molar-refractivity contribution in [1.82, 2.24) is 4.98 Å². The Morgan fingerprint density at radius 3 is 3.07 bits per heavy atom. The van der Waals surface area contributed by atoms with Gasteiger partial charge in [-0.3, -0.25) is 9.78 Å². The van der Waals surface area contributed by atoms with Crippen LogP contribution in [0, 0.1) is 0 Å². The molecule has 1 aliphatic rings. The highest BCUT2D eigenvalue weighted by molar-refractivity contribution is 6.09. The highest BCUT2D eigenvalue weighted by atomic mass is 16.5. The zero-order valence-electron chi connectivity index (χ0n) is 8.27. The lowest BCUT2D eigenvalue weighted by Gasteiger charge is -2.13. The highest BCUT2D eigenvalue weighted by Crippen LogP contribution is 2.17. The molecule has 2 N–H and O–H groups in total. The maximum Gasteiger partial charge on any atom is 0.247 e. The second-order valence-corrected chi connectivity index (χ2v) is 3.33. The predicted molar refractivity (Wildman–Crippen MR) is 56.2 cm³/mol. The molecule has 0 saturated heterocycles. The van der Waals surface area contributed by atoms with E-state index in [9.17, 15) is 4.79 Å². The number of rotatable bonds is 2. The fourth-order valence-electron chi connectivity index (χ4n) is 1.44. The monoisotopic (exact) mass is 204 g/mol. The summed E-state index contributed by atoms with van der Waals surface area (Å²) in [4.78, 5) is 15.8. The number of ketones is 1. The number of nitrogens with zero attached hydrogens (tertiary/aromatic N) is 1. The van der Waals surface area contributed by atoms with E-state index in [-0.39, 0.29) is 11.5 Å². The van der Waals surface area contributed by atoms with Crippen LogP contribution in [0.25, 0.3) is 0 Å². The first-order valence-electron chi connectivity index (χ1n) is 4.87. The summed E-state index contributed by atoms with van der Waals surface area (Å²) in [7, 11) is 0. The van der Waals surface area contributed by atoms with Crippen molar-refractivity contribution in [1.29, 1.82) is 0 Å². The quantitative estimate of drug-likeness (QED) is 0.742. The summed E-state index contributed by atoms with van der Waals surface area (Å²) in [5.41, 5.74) is 6.32. The molecule has 0 fully saturated rings. The molecule has 0 aromatic carbocycles. The summed E-state index contributed by atoms with van der Waals surface area (Å²) in [6.07, 6.45) is 5.16. The number of anilines is 1. The lowest BCUT2D eigenvalue weighted by Crippen LogP contribution is -2.14. The largest absolute Gasteiger partial charge is 0.490 e. The summed E-state index contributed by atoms with van der Waals surface area (Å²) in [6.45, 7) is 0.588. The van der Waals surface area contributed by atoms with E-state index in [1.165, 1.54) is 0 Å². The molecule has 0 spiro atoms. The first-order chi connectivity index (χ1) is 7.29. The molecule has 0 saturated carbocycles. The third-order valence-electron chi connectivity index (χ3n) is 2.21. The van der Waals surface area contributed by atoms with Crippen LogP contribution in [-0.2, 0) is 4.74 Å². The lowest BCUT2D eigenvalue weighted by atomic mass is 10.1. The van der Waals surface area contributed by atoms with Gasteiger partial charge in [0.2, 0.25) is 5.78 Å². The number of allylic oxidation sites excluding steroid dienone is 2. The summed E-state index contributed by atoms with van der Waals surface area (Å²) >= 11 is 0. The van der Waals surface area contributed by atoms with Gasteiger partial charge in [-0.05, 0) is 31.1 Å². The van der Waals surface area contributed by atoms with Crippen molar-refractivity contribution in [3.05, 3.63) is 35.9 Å². The molecular formula is C11H12N2O2. The fourth-order valence-corrected chi connectivity index (χ4v) is 1.44. The number of Topliss-reactive ketones (excluding diaryl/α,β-unsaturated/α-hetero) is 1. The number of nitrogens with two attached hydrogens (primary N) is 1. The Morgan fingerprint density at radius 1 is 1.53 bits per heavy atom. The molecule has 0 aliphatic carbocycles. The summed E-state index contributed by atoms with van der Waals surface area (Å²) in [5, 5.41) is 0. The summed E-state index contributed by atoms with van der Waals surface area (Å²) in [5.74, 6) is 0.138. The minimum Gasteiger partial charge on any atom is -0.490 e. The molecule has 15 heavy (non-hydrogen) atoms. The van der Waals surface area contributed by atoms with Crippen LogP contribution in [0.1, 0.15) is 23.3 Å². The zero-order chi connectivity index (χ0) is 10.7. The minimum absolute atomic E-state index is 0.229. The predicted octanol–water partition coefficient (Wildman–Crippen LogP) is 1.54. The molecular weight excluding hydrogens is 192 g/mol. The van der Waals surface area contributed by atoms with E-state index < -0.39 is 0 Å². The van der Waals surface area contributed by atoms with Crippen LogP contribution < -0.4 is 5.73 Å². The van der Waals surface area contributed by atoms with Gasteiger partial charge in [0.25, 0.3) is 0 Å². The number of pyridine rings is 1. The van der Waals surface area contributed by atoms with Crippen molar-refractivity contribution in [2.75, 3.05) is 12.3 Å². The fraction of sp³-hybridized carbons (Fsp3) is 0.273. The van der Waals surface area contributed by atoms with E-state index in [0.717, 1.165) is 12.8 Å². The first kappa shape index (κ1) is 9.71. The van der Waals surface area contributed by atoms with Gasteiger partial charge in [-0.2, -0.15) is 0 Å². The van der Waals surface area contributed by atoms with Gasteiger partial charge >= 0.3 is 0 Å². The SMILES string of the molecule is Nc1cccnc1C(=O)C1=CCCCO1. The van der Waals surface area contributed by atoms with Crippen molar-refractivity contribution >= 4 is 11.5 Å². The molecule has 2 heterocycles. The number of hydrogen-bond acceptors (Lipinski definition) is 4. The van der Waals surface area contributed by atoms with Crippen molar-refractivity contribution < 1.29 is 9.53 Å². The molecule has 0 bridgehead atoms. The number of carbonyl (C=O) groups is 1. The zero-order valence-corrected chi connectivity index (χ0v) is 8.27. The third-order valence-corrected chi connectivity index (χ3v) is 2.21. The standard InChI is InChI=1S/C11H12N2O2/c12-8-4-3-6-13-10(8)11(14)9-5-1-2-7-15-9/h3-6H,1-2,7,12H2. The van der Waals surface area contributed by atoms with E-state index in [1.54, 1.807) is 24.4 Å². The lowest BCUT2D eigenvalue weighted by molar-refractivity contribution is 0.0895. The number of hydrogen-bond donors (Lipinski definition) is 1. The Kier molecular flexibility index (Phi) is 2.67. The first-order valence-corrected chi connectivity index (χ1v) is 4.87. The average molecular weight is 204 g/mol. The maximum atomic E-state index is 11.9. The Bertz CT molecular complexity index is 413. The summed E-state index contributed by atoms with van der Waals surface area (Å²) in [6, 6.07) is 3.35. The van der Waals surface area contributed by atoms with E-state index in [4.69, 9.17) is 10.5 Å². The molecule has 1 aromatic heterocycles. The van der Waals surface area contributed by atoms with Crippen molar-refractivity contribution in [2.24, 2.45) is 0 Å². The van der Waals surface area contributed by atoms with Gasteiger partial charge in [0.05, 0.1) is 12.3 Å².